The smallest absolute Gasteiger partial charge is 0.327 e. The maximum atomic E-state index is 11.9. The Morgan fingerprint density at radius 3 is 1.79 bits per heavy atom. The van der Waals surface area contributed by atoms with Crippen LogP contribution in [0.1, 0.15) is 46.5 Å². The fourth-order valence-corrected chi connectivity index (χ4v) is 2.34. The third-order valence-electron chi connectivity index (χ3n) is 3.90. The summed E-state index contributed by atoms with van der Waals surface area (Å²) in [4.78, 5) is 46.2. The highest BCUT2D eigenvalue weighted by Gasteiger charge is 2.42. The van der Waals surface area contributed by atoms with Gasteiger partial charge in [-0.2, -0.15) is 0 Å². The molecular formula is C17H25BO6. The van der Waals surface area contributed by atoms with Crippen LogP contribution in [0.25, 0.3) is 0 Å². The van der Waals surface area contributed by atoms with Gasteiger partial charge < -0.3 is 19.1 Å². The van der Waals surface area contributed by atoms with E-state index in [1.165, 1.54) is 12.2 Å². The molecule has 0 N–H and O–H groups in total. The number of hydrogen-bond donors (Lipinski definition) is 0. The minimum absolute atomic E-state index is 0.111. The van der Waals surface area contributed by atoms with E-state index in [4.69, 9.17) is 9.47 Å². The zero-order valence-electron chi connectivity index (χ0n) is 14.6. The molecule has 0 aliphatic carbocycles. The zero-order chi connectivity index (χ0) is 18.1. The summed E-state index contributed by atoms with van der Waals surface area (Å²) < 4.78 is 10.2. The van der Waals surface area contributed by atoms with E-state index >= 15 is 0 Å². The van der Waals surface area contributed by atoms with E-state index in [0.29, 0.717) is 13.0 Å². The summed E-state index contributed by atoms with van der Waals surface area (Å²) in [6, 6.07) is 0. The molecule has 1 rings (SSSR count). The second kappa shape index (κ2) is 10.1. The molecule has 1 heterocycles. The normalized spacial score (nSPS) is 15.1. The van der Waals surface area contributed by atoms with Crippen LogP contribution < -0.4 is 0 Å². The summed E-state index contributed by atoms with van der Waals surface area (Å²) in [7, 11) is 0. The summed E-state index contributed by atoms with van der Waals surface area (Å²) >= 11 is 0. The number of hydrogen-bond acceptors (Lipinski definition) is 6. The lowest BCUT2D eigenvalue weighted by molar-refractivity contribution is -0.147. The second-order valence-electron chi connectivity index (χ2n) is 6.31. The van der Waals surface area contributed by atoms with Crippen molar-refractivity contribution in [1.29, 1.82) is 0 Å². The molecule has 0 saturated heterocycles. The predicted molar refractivity (Wildman–Crippen MR) is 89.6 cm³/mol. The second-order valence-corrected chi connectivity index (χ2v) is 6.31. The summed E-state index contributed by atoms with van der Waals surface area (Å²) in [5.41, 5.74) is -0.666. The summed E-state index contributed by atoms with van der Waals surface area (Å²) in [6.45, 7) is 4.87. The Bertz CT molecular complexity index is 493. The first-order chi connectivity index (χ1) is 11.3. The zero-order valence-corrected chi connectivity index (χ0v) is 14.6. The van der Waals surface area contributed by atoms with Crippen LogP contribution >= 0.6 is 0 Å². The molecule has 0 aromatic rings. The van der Waals surface area contributed by atoms with Crippen molar-refractivity contribution in [2.45, 2.75) is 52.3 Å². The van der Waals surface area contributed by atoms with Crippen LogP contribution in [0.2, 0.25) is 5.82 Å². The standard InChI is InChI=1S/C17H25BO6/c1-12(2)16(21)23-10-6-4-5-7-11-24-17(22)13(3)18-14(19)8-9-15(18)20/h8-9,12-13H,4-7,10-11H2,1-3H3. The maximum Gasteiger partial charge on any atom is 0.327 e. The van der Waals surface area contributed by atoms with Gasteiger partial charge in [-0.1, -0.05) is 20.8 Å². The Morgan fingerprint density at radius 2 is 1.33 bits per heavy atom. The number of unbranched alkanes of at least 4 members (excludes halogenated alkanes) is 3. The van der Waals surface area contributed by atoms with Crippen LogP contribution in [-0.2, 0) is 28.7 Å². The molecule has 0 bridgehead atoms. The van der Waals surface area contributed by atoms with Crippen LogP contribution in [0.5, 0.6) is 0 Å². The van der Waals surface area contributed by atoms with E-state index in [1.54, 1.807) is 20.8 Å². The fraction of sp³-hybridized carbons (Fsp3) is 0.647. The number of carbonyl (C=O) groups is 4. The topological polar surface area (TPSA) is 86.7 Å². The molecule has 24 heavy (non-hydrogen) atoms. The first-order valence-electron chi connectivity index (χ1n) is 8.43. The number of rotatable bonds is 10. The van der Waals surface area contributed by atoms with E-state index < -0.39 is 18.5 Å². The van der Waals surface area contributed by atoms with Crippen LogP contribution in [-0.4, -0.2) is 43.2 Å². The van der Waals surface area contributed by atoms with Gasteiger partial charge in [0.15, 0.2) is 0 Å². The number of ether oxygens (including phenoxy) is 2. The first kappa shape index (κ1) is 20.1. The molecule has 0 aromatic heterocycles. The Hall–Kier alpha value is -1.92. The van der Waals surface area contributed by atoms with E-state index in [-0.39, 0.29) is 29.9 Å². The van der Waals surface area contributed by atoms with Crippen molar-refractivity contribution in [2.75, 3.05) is 13.2 Å². The third-order valence-corrected chi connectivity index (χ3v) is 3.90. The van der Waals surface area contributed by atoms with E-state index in [9.17, 15) is 19.2 Å². The SMILES string of the molecule is CC(C)C(=O)OCCCCCCOC(=O)C(C)B1C(=O)C=CC1=O. The Labute approximate surface area is 143 Å². The van der Waals surface area contributed by atoms with Crippen LogP contribution in [0.4, 0.5) is 0 Å². The lowest BCUT2D eigenvalue weighted by atomic mass is 9.38. The van der Waals surface area contributed by atoms with Gasteiger partial charge in [-0.25, -0.2) is 0 Å². The molecule has 6 nitrogen and oxygen atoms in total. The average Bonchev–Trinajstić information content (AvgIpc) is 2.87. The van der Waals surface area contributed by atoms with Gasteiger partial charge in [-0.15, -0.1) is 0 Å². The highest BCUT2D eigenvalue weighted by atomic mass is 16.5. The van der Waals surface area contributed by atoms with Crippen molar-refractivity contribution in [1.82, 2.24) is 0 Å². The van der Waals surface area contributed by atoms with Crippen molar-refractivity contribution >= 4 is 30.0 Å². The van der Waals surface area contributed by atoms with Gasteiger partial charge in [-0.3, -0.25) is 9.59 Å². The predicted octanol–water partition coefficient (Wildman–Crippen LogP) is 1.96. The van der Waals surface area contributed by atoms with Crippen molar-refractivity contribution in [3.8, 4) is 0 Å². The van der Waals surface area contributed by atoms with E-state index in [2.05, 4.69) is 0 Å². The van der Waals surface area contributed by atoms with Gasteiger partial charge in [0, 0.05) is 5.82 Å². The molecule has 1 unspecified atom stereocenters. The molecule has 1 atom stereocenters. The van der Waals surface area contributed by atoms with E-state index in [0.717, 1.165) is 19.3 Å². The minimum Gasteiger partial charge on any atom is -0.466 e. The van der Waals surface area contributed by atoms with Gasteiger partial charge in [0.25, 0.3) is 0 Å². The highest BCUT2D eigenvalue weighted by Crippen LogP contribution is 2.18. The maximum absolute atomic E-state index is 11.9. The molecule has 7 heteroatoms. The van der Waals surface area contributed by atoms with Gasteiger partial charge in [-0.05, 0) is 37.8 Å². The molecule has 0 spiro atoms. The molecule has 0 fully saturated rings. The van der Waals surface area contributed by atoms with Crippen molar-refractivity contribution in [2.24, 2.45) is 5.92 Å². The molecule has 1 aliphatic rings. The van der Waals surface area contributed by atoms with Gasteiger partial charge >= 0.3 is 18.7 Å². The number of esters is 2. The largest absolute Gasteiger partial charge is 0.466 e. The Balaban J connectivity index is 2.09. The molecule has 0 aromatic carbocycles. The van der Waals surface area contributed by atoms with E-state index in [1.807, 2.05) is 0 Å². The average molecular weight is 336 g/mol. The molecule has 0 radical (unpaired) electrons. The molecule has 132 valence electrons. The summed E-state index contributed by atoms with van der Waals surface area (Å²) in [6.07, 6.45) is 5.62. The van der Waals surface area contributed by atoms with Crippen LogP contribution in [0.3, 0.4) is 0 Å². The highest BCUT2D eigenvalue weighted by molar-refractivity contribution is 7.17. The van der Waals surface area contributed by atoms with Crippen LogP contribution in [0, 0.1) is 5.92 Å². The monoisotopic (exact) mass is 336 g/mol. The molecule has 0 amide bonds. The Kier molecular flexibility index (Phi) is 8.43. The first-order valence-corrected chi connectivity index (χ1v) is 8.43. The number of carbonyl (C=O) groups excluding carboxylic acids is 4. The third kappa shape index (κ3) is 6.30. The van der Waals surface area contributed by atoms with Gasteiger partial charge in [0.2, 0.25) is 0 Å². The van der Waals surface area contributed by atoms with Crippen LogP contribution in [0.15, 0.2) is 12.2 Å². The minimum atomic E-state index is -0.923. The lowest BCUT2D eigenvalue weighted by Crippen LogP contribution is -2.37. The molecule has 1 aliphatic heterocycles. The van der Waals surface area contributed by atoms with Crippen molar-refractivity contribution in [3.63, 3.8) is 0 Å². The van der Waals surface area contributed by atoms with Gasteiger partial charge in [0.1, 0.15) is 11.4 Å². The summed E-state index contributed by atoms with van der Waals surface area (Å²) in [5.74, 6) is -1.57. The van der Waals surface area contributed by atoms with Gasteiger partial charge in [0.05, 0.1) is 19.1 Å². The molecule has 0 saturated carbocycles. The summed E-state index contributed by atoms with van der Waals surface area (Å²) in [5, 5.41) is 0. The Morgan fingerprint density at radius 1 is 0.875 bits per heavy atom. The number of allylic oxidation sites excluding steroid dienone is 2. The lowest BCUT2D eigenvalue weighted by Gasteiger charge is -2.13. The van der Waals surface area contributed by atoms with Crippen molar-refractivity contribution in [3.05, 3.63) is 12.2 Å². The fourth-order valence-electron chi connectivity index (χ4n) is 2.34. The quantitative estimate of drug-likeness (QED) is 0.344. The van der Waals surface area contributed by atoms with Crippen molar-refractivity contribution < 1.29 is 28.7 Å². The molecular weight excluding hydrogens is 311 g/mol.